The van der Waals surface area contributed by atoms with E-state index in [-0.39, 0.29) is 36.6 Å². The molecule has 0 saturated carbocycles. The molecule has 1 saturated heterocycles. The minimum Gasteiger partial charge on any atom is -0.510 e. The van der Waals surface area contributed by atoms with Gasteiger partial charge in [0.25, 0.3) is 0 Å². The van der Waals surface area contributed by atoms with Gasteiger partial charge >= 0.3 is 11.9 Å². The molecule has 0 aromatic heterocycles. The second kappa shape index (κ2) is 21.8. The Balaban J connectivity index is 1.21. The Kier molecular flexibility index (Phi) is 16.5. The van der Waals surface area contributed by atoms with Gasteiger partial charge in [0.15, 0.2) is 0 Å². The smallest absolute Gasteiger partial charge is 0.321 e. The fourth-order valence-corrected chi connectivity index (χ4v) is 10.2. The zero-order chi connectivity index (χ0) is 47.1. The molecule has 0 radical (unpaired) electrons. The van der Waals surface area contributed by atoms with Crippen LogP contribution in [0, 0.1) is 35.5 Å². The largest absolute Gasteiger partial charge is 0.510 e. The van der Waals surface area contributed by atoms with E-state index in [0.29, 0.717) is 58.5 Å². The maximum atomic E-state index is 13.7. The average molecular weight is 887 g/mol. The monoisotopic (exact) mass is 887 g/mol. The summed E-state index contributed by atoms with van der Waals surface area (Å²) in [7, 11) is 2.97. The molecule has 1 aliphatic carbocycles. The summed E-state index contributed by atoms with van der Waals surface area (Å²) >= 11 is 0. The summed E-state index contributed by atoms with van der Waals surface area (Å²) in [5.41, 5.74) is 11.3. The summed E-state index contributed by atoms with van der Waals surface area (Å²) in [5.74, 6) is 0.534. The maximum Gasteiger partial charge on any atom is 0.321 e. The molecule has 10 heteroatoms. The summed E-state index contributed by atoms with van der Waals surface area (Å²) < 4.78 is 17.1. The van der Waals surface area contributed by atoms with Crippen molar-refractivity contribution in [3.8, 4) is 0 Å². The van der Waals surface area contributed by atoms with Crippen molar-refractivity contribution in [2.24, 2.45) is 50.5 Å². The number of esters is 2. The Morgan fingerprint density at radius 3 is 2.22 bits per heavy atom. The molecule has 350 valence electrons. The van der Waals surface area contributed by atoms with E-state index in [1.807, 2.05) is 44.2 Å². The number of carbonyl (C=O) groups excluding carboxylic acids is 2. The van der Waals surface area contributed by atoms with E-state index in [1.165, 1.54) is 57.6 Å². The lowest BCUT2D eigenvalue weighted by molar-refractivity contribution is -0.144. The van der Waals surface area contributed by atoms with Crippen LogP contribution in [0.3, 0.4) is 0 Å². The second-order valence-electron chi connectivity index (χ2n) is 19.4. The van der Waals surface area contributed by atoms with Crippen molar-refractivity contribution in [1.82, 2.24) is 5.32 Å². The third-order valence-electron chi connectivity index (χ3n) is 14.2. The van der Waals surface area contributed by atoms with Crippen molar-refractivity contribution in [2.45, 2.75) is 139 Å². The quantitative estimate of drug-likeness (QED) is 0.0866. The van der Waals surface area contributed by atoms with Crippen LogP contribution in [0.5, 0.6) is 0 Å². The molecular formula is C55H74N4O6. The van der Waals surface area contributed by atoms with Crippen LogP contribution in [-0.2, 0) is 23.8 Å². The van der Waals surface area contributed by atoms with Crippen molar-refractivity contribution < 1.29 is 28.9 Å². The molecule has 5 aliphatic heterocycles. The molecule has 8 bridgehead atoms. The number of nitrogens with one attached hydrogen (secondary N) is 1. The van der Waals surface area contributed by atoms with Gasteiger partial charge in [0.05, 0.1) is 42.7 Å². The number of allylic oxidation sites excluding steroid dienone is 11. The minimum atomic E-state index is -1.10. The fourth-order valence-electron chi connectivity index (χ4n) is 10.2. The maximum absolute atomic E-state index is 13.7. The van der Waals surface area contributed by atoms with Crippen molar-refractivity contribution >= 4 is 29.1 Å². The van der Waals surface area contributed by atoms with Gasteiger partial charge in [0.1, 0.15) is 29.8 Å². The number of methoxy groups -OCH3 is 2. The number of aliphatic hydroxyl groups is 1. The summed E-state index contributed by atoms with van der Waals surface area (Å²) in [6, 6.07) is 0. The highest BCUT2D eigenvalue weighted by atomic mass is 16.5. The molecule has 10 nitrogen and oxygen atoms in total. The number of hydrogen-bond acceptors (Lipinski definition) is 10. The Morgan fingerprint density at radius 2 is 1.57 bits per heavy atom. The first-order valence-corrected chi connectivity index (χ1v) is 24.2. The number of aliphatic hydroxyl groups excluding tert-OH is 1. The molecule has 0 aromatic rings. The Labute approximate surface area is 388 Å². The van der Waals surface area contributed by atoms with E-state index < -0.39 is 11.9 Å². The highest BCUT2D eigenvalue weighted by molar-refractivity contribution is 6.24. The third-order valence-corrected chi connectivity index (χ3v) is 14.2. The Bertz CT molecular complexity index is 2320. The Morgan fingerprint density at radius 1 is 0.892 bits per heavy atom. The average Bonchev–Trinajstić information content (AvgIpc) is 4.02. The third kappa shape index (κ3) is 10.9. The first-order valence-electron chi connectivity index (χ1n) is 24.2. The van der Waals surface area contributed by atoms with Crippen LogP contribution in [0.25, 0.3) is 0 Å². The van der Waals surface area contributed by atoms with Gasteiger partial charge in [-0.2, -0.15) is 0 Å². The number of ether oxygens (including phenoxy) is 3. The highest BCUT2D eigenvalue weighted by Crippen LogP contribution is 2.49. The van der Waals surface area contributed by atoms with E-state index in [2.05, 4.69) is 60.4 Å². The summed E-state index contributed by atoms with van der Waals surface area (Å²) in [5, 5.41) is 15.6. The van der Waals surface area contributed by atoms with Gasteiger partial charge in [0.2, 0.25) is 0 Å². The summed E-state index contributed by atoms with van der Waals surface area (Å²) in [6.07, 6.45) is 22.3. The fraction of sp³-hybridized carbons (Fsp3) is 0.545. The lowest BCUT2D eigenvalue weighted by Gasteiger charge is -2.20. The van der Waals surface area contributed by atoms with Crippen LogP contribution in [0.15, 0.2) is 131 Å². The van der Waals surface area contributed by atoms with Crippen LogP contribution < -0.4 is 5.32 Å². The standard InChI is InChI=1S/C55H74N4O6/c1-13-38-35(8)41-28-42-36(9)40(24-25-47(60)65-27-26-34(7)23-17-22-33(6)21-16-20-32(5)19-15-18-31(3)4)51(58-42)49-50(55(62)64-12)53(61)48-37(10)43(59-52(48)49)29-45-39(14-2)54(63-11)46(57-45)30-44(38)56-41/h13,26,28-33,36,40,50,58,61H,1,14-25,27H2,2-12H3/b34-26+,42-28?,44-30?,45-29?,51-49?/t32-,33-,36?,40+,50?/m1/s1. The number of hydrogen-bond donors (Lipinski definition) is 2. The first-order chi connectivity index (χ1) is 31.1. The van der Waals surface area contributed by atoms with E-state index in [4.69, 9.17) is 29.2 Å². The highest BCUT2D eigenvalue weighted by Gasteiger charge is 2.49. The number of rotatable bonds is 21. The molecule has 2 unspecified atom stereocenters. The first kappa shape index (κ1) is 49.2. The van der Waals surface area contributed by atoms with Crippen molar-refractivity contribution in [1.29, 1.82) is 0 Å². The lowest BCUT2D eigenvalue weighted by atomic mass is 9.84. The normalized spacial score (nSPS) is 22.5. The van der Waals surface area contributed by atoms with Crippen LogP contribution in [0.4, 0.5) is 0 Å². The molecular weight excluding hydrogens is 813 g/mol. The molecule has 0 aromatic carbocycles. The molecule has 6 rings (SSSR count). The SMILES string of the molecule is C=CC1=C(C)C2=NC1=CC1=NC(=CC3=C(C)C4=C(O)C(C(=O)OC)C(=C5NC(=C2)C(C)[C@@H]5CCC(=O)OC/C=C(\C)CCC[C@H](C)CCC[C@H](C)CCCC(C)C)C4=N3)C(CC)=C1OC. The van der Waals surface area contributed by atoms with Gasteiger partial charge in [-0.05, 0) is 99.7 Å². The lowest BCUT2D eigenvalue weighted by Crippen LogP contribution is -2.25. The zero-order valence-corrected chi connectivity index (χ0v) is 41.1. The van der Waals surface area contributed by atoms with Crippen molar-refractivity contribution in [2.75, 3.05) is 20.8 Å². The van der Waals surface area contributed by atoms with E-state index in [0.717, 1.165) is 69.8 Å². The topological polar surface area (TPSA) is 131 Å². The Hall–Kier alpha value is -5.25. The predicted octanol–water partition coefficient (Wildman–Crippen LogP) is 12.5. The van der Waals surface area contributed by atoms with Gasteiger partial charge in [-0.15, -0.1) is 0 Å². The van der Waals surface area contributed by atoms with Gasteiger partial charge in [-0.1, -0.05) is 105 Å². The van der Waals surface area contributed by atoms with Gasteiger partial charge in [-0.3, -0.25) is 9.59 Å². The number of nitrogens with zero attached hydrogens (tertiary/aromatic N) is 3. The van der Waals surface area contributed by atoms with Crippen molar-refractivity contribution in [3.05, 3.63) is 116 Å². The van der Waals surface area contributed by atoms with Crippen molar-refractivity contribution in [3.63, 3.8) is 0 Å². The number of carbonyl (C=O) groups is 2. The van der Waals surface area contributed by atoms with Crippen LogP contribution >= 0.6 is 0 Å². The van der Waals surface area contributed by atoms with Gasteiger partial charge in [-0.25, -0.2) is 15.0 Å². The molecule has 0 spiro atoms. The molecule has 1 fully saturated rings. The second-order valence-corrected chi connectivity index (χ2v) is 19.4. The molecule has 6 aliphatic rings. The van der Waals surface area contributed by atoms with Crippen LogP contribution in [-0.4, -0.2) is 55.0 Å². The predicted molar refractivity (Wildman–Crippen MR) is 263 cm³/mol. The van der Waals surface area contributed by atoms with E-state index in [1.54, 1.807) is 7.11 Å². The zero-order valence-electron chi connectivity index (χ0n) is 41.1. The molecule has 65 heavy (non-hydrogen) atoms. The number of aliphatic imine (C=N–C) groups is 3. The van der Waals surface area contributed by atoms with Crippen LogP contribution in [0.1, 0.15) is 139 Å². The summed E-state index contributed by atoms with van der Waals surface area (Å²) in [6.45, 7) is 24.0. The van der Waals surface area contributed by atoms with E-state index in [9.17, 15) is 14.7 Å². The number of fused-ring (bicyclic) bond motifs is 5. The van der Waals surface area contributed by atoms with Gasteiger partial charge < -0.3 is 24.6 Å². The summed E-state index contributed by atoms with van der Waals surface area (Å²) in [4.78, 5) is 42.4. The van der Waals surface area contributed by atoms with E-state index >= 15 is 0 Å². The van der Waals surface area contributed by atoms with Gasteiger partial charge in [0, 0.05) is 51.9 Å². The molecule has 2 N–H and O–H groups in total. The molecule has 5 atom stereocenters. The molecule has 5 heterocycles. The van der Waals surface area contributed by atoms with Crippen LogP contribution in [0.2, 0.25) is 0 Å². The molecule has 0 amide bonds. The minimum absolute atomic E-state index is 0.106.